The normalized spacial score (nSPS) is 19.2. The fourth-order valence-corrected chi connectivity index (χ4v) is 2.81. The Hall–Kier alpha value is -1.07. The van der Waals surface area contributed by atoms with Crippen LogP contribution in [-0.4, -0.2) is 18.6 Å². The number of nitrogens with two attached hydrogens (primary N) is 1. The van der Waals surface area contributed by atoms with Crippen LogP contribution in [0, 0.1) is 6.92 Å². The SMILES string of the molecule is Cc1cc(Br)cc(NC(=O)CC2CCCCO2)c1N. The summed E-state index contributed by atoms with van der Waals surface area (Å²) in [5, 5.41) is 2.87. The topological polar surface area (TPSA) is 64.3 Å². The van der Waals surface area contributed by atoms with E-state index in [4.69, 9.17) is 10.5 Å². The van der Waals surface area contributed by atoms with Crippen molar-refractivity contribution in [3.05, 3.63) is 22.2 Å². The van der Waals surface area contributed by atoms with Crippen molar-refractivity contribution in [3.8, 4) is 0 Å². The van der Waals surface area contributed by atoms with E-state index in [1.54, 1.807) is 0 Å². The van der Waals surface area contributed by atoms with Gasteiger partial charge in [-0.2, -0.15) is 0 Å². The molecule has 1 aromatic rings. The minimum Gasteiger partial charge on any atom is -0.397 e. The first kappa shape index (κ1) is 14.3. The highest BCUT2D eigenvalue weighted by Crippen LogP contribution is 2.28. The quantitative estimate of drug-likeness (QED) is 0.838. The lowest BCUT2D eigenvalue weighted by Gasteiger charge is -2.22. The number of carbonyl (C=O) groups is 1. The average Bonchev–Trinajstić information content (AvgIpc) is 2.36. The Bertz CT molecular complexity index is 471. The molecule has 1 aliphatic heterocycles. The zero-order valence-electron chi connectivity index (χ0n) is 11.0. The van der Waals surface area contributed by atoms with E-state index in [2.05, 4.69) is 21.2 Å². The van der Waals surface area contributed by atoms with Crippen molar-refractivity contribution in [3.63, 3.8) is 0 Å². The molecule has 0 bridgehead atoms. The van der Waals surface area contributed by atoms with Crippen LogP contribution in [0.4, 0.5) is 11.4 Å². The number of aryl methyl sites for hydroxylation is 1. The standard InChI is InChI=1S/C14H19BrN2O2/c1-9-6-10(15)7-12(14(9)16)17-13(18)8-11-4-2-3-5-19-11/h6-7,11H,2-5,8,16H2,1H3,(H,17,18). The molecule has 5 heteroatoms. The lowest BCUT2D eigenvalue weighted by Crippen LogP contribution is -2.25. The predicted molar refractivity (Wildman–Crippen MR) is 80.1 cm³/mol. The Kier molecular flexibility index (Phi) is 4.82. The first-order valence-electron chi connectivity index (χ1n) is 6.53. The van der Waals surface area contributed by atoms with E-state index in [0.717, 1.165) is 35.9 Å². The summed E-state index contributed by atoms with van der Waals surface area (Å²) in [6.07, 6.45) is 3.63. The molecule has 0 spiro atoms. The van der Waals surface area contributed by atoms with Crippen LogP contribution >= 0.6 is 15.9 Å². The van der Waals surface area contributed by atoms with Crippen molar-refractivity contribution in [2.24, 2.45) is 0 Å². The smallest absolute Gasteiger partial charge is 0.227 e. The number of carbonyl (C=O) groups excluding carboxylic acids is 1. The molecule has 1 saturated heterocycles. The molecule has 1 aliphatic rings. The van der Waals surface area contributed by atoms with Crippen LogP contribution in [0.1, 0.15) is 31.2 Å². The van der Waals surface area contributed by atoms with Gasteiger partial charge < -0.3 is 15.8 Å². The van der Waals surface area contributed by atoms with Gasteiger partial charge in [0, 0.05) is 11.1 Å². The first-order valence-corrected chi connectivity index (χ1v) is 7.32. The molecule has 1 heterocycles. The monoisotopic (exact) mass is 326 g/mol. The minimum atomic E-state index is -0.0453. The number of halogens is 1. The summed E-state index contributed by atoms with van der Waals surface area (Å²) >= 11 is 3.40. The molecular weight excluding hydrogens is 308 g/mol. The van der Waals surface area contributed by atoms with Crippen molar-refractivity contribution >= 4 is 33.2 Å². The molecule has 1 atom stereocenters. The predicted octanol–water partition coefficient (Wildman–Crippen LogP) is 3.24. The highest BCUT2D eigenvalue weighted by atomic mass is 79.9. The van der Waals surface area contributed by atoms with E-state index in [0.29, 0.717) is 17.8 Å². The summed E-state index contributed by atoms with van der Waals surface area (Å²) in [6, 6.07) is 3.75. The summed E-state index contributed by atoms with van der Waals surface area (Å²) in [4.78, 5) is 12.0. The number of nitrogens with one attached hydrogen (secondary N) is 1. The van der Waals surface area contributed by atoms with Crippen molar-refractivity contribution in [1.82, 2.24) is 0 Å². The van der Waals surface area contributed by atoms with Gasteiger partial charge in [-0.1, -0.05) is 15.9 Å². The molecule has 3 N–H and O–H groups in total. The second-order valence-corrected chi connectivity index (χ2v) is 5.84. The fraction of sp³-hybridized carbons (Fsp3) is 0.500. The van der Waals surface area contributed by atoms with Gasteiger partial charge in [-0.25, -0.2) is 0 Å². The molecule has 104 valence electrons. The highest BCUT2D eigenvalue weighted by Gasteiger charge is 2.18. The summed E-state index contributed by atoms with van der Waals surface area (Å²) in [5.41, 5.74) is 8.18. The molecule has 1 aromatic carbocycles. The number of hydrogen-bond donors (Lipinski definition) is 2. The molecule has 19 heavy (non-hydrogen) atoms. The Morgan fingerprint density at radius 1 is 1.53 bits per heavy atom. The Morgan fingerprint density at radius 3 is 3.00 bits per heavy atom. The summed E-state index contributed by atoms with van der Waals surface area (Å²) < 4.78 is 6.47. The van der Waals surface area contributed by atoms with Gasteiger partial charge in [-0.15, -0.1) is 0 Å². The van der Waals surface area contributed by atoms with Gasteiger partial charge in [0.15, 0.2) is 0 Å². The average molecular weight is 327 g/mol. The van der Waals surface area contributed by atoms with E-state index in [9.17, 15) is 4.79 Å². The first-order chi connectivity index (χ1) is 9.06. The maximum Gasteiger partial charge on any atom is 0.227 e. The number of hydrogen-bond acceptors (Lipinski definition) is 3. The molecular formula is C14H19BrN2O2. The number of ether oxygens (including phenoxy) is 1. The third kappa shape index (κ3) is 3.94. The minimum absolute atomic E-state index is 0.0447. The maximum atomic E-state index is 12.0. The number of nitrogen functional groups attached to an aromatic ring is 1. The number of benzene rings is 1. The third-order valence-corrected chi connectivity index (χ3v) is 3.77. The van der Waals surface area contributed by atoms with Crippen molar-refractivity contribution in [1.29, 1.82) is 0 Å². The van der Waals surface area contributed by atoms with Gasteiger partial charge in [-0.3, -0.25) is 4.79 Å². The van der Waals surface area contributed by atoms with Crippen LogP contribution in [0.3, 0.4) is 0 Å². The third-order valence-electron chi connectivity index (χ3n) is 3.31. The van der Waals surface area contributed by atoms with Crippen LogP contribution in [0.2, 0.25) is 0 Å². The van der Waals surface area contributed by atoms with E-state index in [1.165, 1.54) is 0 Å². The number of amides is 1. The lowest BCUT2D eigenvalue weighted by molar-refractivity contribution is -0.119. The van der Waals surface area contributed by atoms with Gasteiger partial charge in [0.1, 0.15) is 0 Å². The van der Waals surface area contributed by atoms with Crippen LogP contribution in [0.15, 0.2) is 16.6 Å². The summed E-state index contributed by atoms with van der Waals surface area (Å²) in [5.74, 6) is -0.0453. The van der Waals surface area contributed by atoms with Crippen LogP contribution in [-0.2, 0) is 9.53 Å². The molecule has 0 radical (unpaired) electrons. The van der Waals surface area contributed by atoms with Gasteiger partial charge in [-0.05, 0) is 43.9 Å². The highest BCUT2D eigenvalue weighted by molar-refractivity contribution is 9.10. The molecule has 4 nitrogen and oxygen atoms in total. The second-order valence-electron chi connectivity index (χ2n) is 4.92. The van der Waals surface area contributed by atoms with E-state index in [1.807, 2.05) is 19.1 Å². The van der Waals surface area contributed by atoms with Gasteiger partial charge in [0.2, 0.25) is 5.91 Å². The Labute approximate surface area is 121 Å². The zero-order valence-corrected chi connectivity index (χ0v) is 12.6. The molecule has 0 aromatic heterocycles. The largest absolute Gasteiger partial charge is 0.397 e. The molecule has 0 saturated carbocycles. The molecule has 1 amide bonds. The lowest BCUT2D eigenvalue weighted by atomic mass is 10.1. The van der Waals surface area contributed by atoms with Crippen LogP contribution in [0.25, 0.3) is 0 Å². The van der Waals surface area contributed by atoms with Crippen LogP contribution in [0.5, 0.6) is 0 Å². The van der Waals surface area contributed by atoms with Crippen LogP contribution < -0.4 is 11.1 Å². The van der Waals surface area contributed by atoms with Crippen molar-refractivity contribution in [2.75, 3.05) is 17.7 Å². The number of anilines is 2. The molecule has 2 rings (SSSR count). The second kappa shape index (κ2) is 6.39. The summed E-state index contributed by atoms with van der Waals surface area (Å²) in [6.45, 7) is 2.68. The zero-order chi connectivity index (χ0) is 13.8. The Balaban J connectivity index is 1.98. The van der Waals surface area contributed by atoms with E-state index in [-0.39, 0.29) is 12.0 Å². The fourth-order valence-electron chi connectivity index (χ4n) is 2.23. The van der Waals surface area contributed by atoms with Gasteiger partial charge in [0.05, 0.1) is 23.9 Å². The molecule has 1 fully saturated rings. The van der Waals surface area contributed by atoms with Crippen molar-refractivity contribution in [2.45, 2.75) is 38.7 Å². The Morgan fingerprint density at radius 2 is 2.32 bits per heavy atom. The molecule has 0 aliphatic carbocycles. The maximum absolute atomic E-state index is 12.0. The summed E-state index contributed by atoms with van der Waals surface area (Å²) in [7, 11) is 0. The van der Waals surface area contributed by atoms with Gasteiger partial charge >= 0.3 is 0 Å². The van der Waals surface area contributed by atoms with Crippen molar-refractivity contribution < 1.29 is 9.53 Å². The molecule has 1 unspecified atom stereocenters. The van der Waals surface area contributed by atoms with E-state index >= 15 is 0 Å². The van der Waals surface area contributed by atoms with E-state index < -0.39 is 0 Å². The van der Waals surface area contributed by atoms with Gasteiger partial charge in [0.25, 0.3) is 0 Å². The number of rotatable bonds is 3.